The van der Waals surface area contributed by atoms with Gasteiger partial charge in [0, 0.05) is 37.2 Å². The molecule has 0 bridgehead atoms. The number of pyridine rings is 1. The highest BCUT2D eigenvalue weighted by Crippen LogP contribution is 2.22. The van der Waals surface area contributed by atoms with Crippen LogP contribution in [-0.4, -0.2) is 31.2 Å². The summed E-state index contributed by atoms with van der Waals surface area (Å²) in [6, 6.07) is 1.86. The van der Waals surface area contributed by atoms with Crippen LogP contribution >= 0.6 is 0 Å². The molecule has 0 unspecified atom stereocenters. The molecule has 3 aromatic rings. The summed E-state index contributed by atoms with van der Waals surface area (Å²) < 4.78 is 7.15. The highest BCUT2D eigenvalue weighted by atomic mass is 16.5. The highest BCUT2D eigenvalue weighted by molar-refractivity contribution is 5.60. The number of nitrogens with two attached hydrogens (primary N) is 1. The molecule has 0 saturated carbocycles. The predicted molar refractivity (Wildman–Crippen MR) is 72.5 cm³/mol. The summed E-state index contributed by atoms with van der Waals surface area (Å²) in [5.74, 6) is 0.931. The van der Waals surface area contributed by atoms with Crippen molar-refractivity contribution in [2.75, 3.05) is 6.54 Å². The van der Waals surface area contributed by atoms with E-state index in [2.05, 4.69) is 20.1 Å². The van der Waals surface area contributed by atoms with Gasteiger partial charge in [-0.05, 0) is 18.6 Å². The second-order valence-corrected chi connectivity index (χ2v) is 4.40. The molecule has 7 heteroatoms. The second kappa shape index (κ2) is 5.22. The van der Waals surface area contributed by atoms with Crippen molar-refractivity contribution >= 4 is 0 Å². The molecule has 0 radical (unpaired) electrons. The van der Waals surface area contributed by atoms with Gasteiger partial charge in [-0.3, -0.25) is 4.98 Å². The molecule has 3 rings (SSSR count). The van der Waals surface area contributed by atoms with Crippen LogP contribution in [0.5, 0.6) is 0 Å². The quantitative estimate of drug-likeness (QED) is 0.766. The number of nitrogens with zero attached hydrogens (tertiary/aromatic N) is 5. The van der Waals surface area contributed by atoms with E-state index in [1.807, 2.05) is 23.8 Å². The topological polar surface area (TPSA) is 95.7 Å². The maximum absolute atomic E-state index is 5.50. The number of aryl methyl sites for hydroxylation is 1. The molecule has 0 amide bonds. The first-order valence-corrected chi connectivity index (χ1v) is 6.25. The summed E-state index contributed by atoms with van der Waals surface area (Å²) >= 11 is 0. The minimum Gasteiger partial charge on any atom is -0.335 e. The molecule has 0 aliphatic rings. The highest BCUT2D eigenvalue weighted by Gasteiger charge is 2.14. The first-order valence-electron chi connectivity index (χ1n) is 6.25. The number of rotatable bonds is 4. The zero-order chi connectivity index (χ0) is 13.9. The second-order valence-electron chi connectivity index (χ2n) is 4.40. The number of hydrogen-bond donors (Lipinski definition) is 1. The Morgan fingerprint density at radius 3 is 3.10 bits per heavy atom. The van der Waals surface area contributed by atoms with E-state index in [4.69, 9.17) is 10.3 Å². The Labute approximate surface area is 115 Å². The Kier molecular flexibility index (Phi) is 3.26. The van der Waals surface area contributed by atoms with Crippen molar-refractivity contribution < 1.29 is 4.52 Å². The van der Waals surface area contributed by atoms with Crippen molar-refractivity contribution in [2.45, 2.75) is 13.5 Å². The maximum atomic E-state index is 5.50. The Bertz CT molecular complexity index is 717. The van der Waals surface area contributed by atoms with Crippen LogP contribution in [0.15, 0.2) is 35.5 Å². The van der Waals surface area contributed by atoms with Gasteiger partial charge < -0.3 is 14.8 Å². The average Bonchev–Trinajstić information content (AvgIpc) is 3.08. The molecule has 3 heterocycles. The van der Waals surface area contributed by atoms with Crippen LogP contribution in [0.1, 0.15) is 5.56 Å². The molecule has 0 aliphatic heterocycles. The van der Waals surface area contributed by atoms with Gasteiger partial charge in [-0.2, -0.15) is 4.98 Å². The van der Waals surface area contributed by atoms with Gasteiger partial charge in [-0.25, -0.2) is 4.98 Å². The Balaban J connectivity index is 1.91. The standard InChI is InChI=1S/C13H14N6O/c1-9-6-15-4-2-10(9)12-17-13(20-18-12)11-7-19(5-3-14)8-16-11/h2,4,6-8H,3,5,14H2,1H3. The van der Waals surface area contributed by atoms with E-state index in [0.29, 0.717) is 30.5 Å². The van der Waals surface area contributed by atoms with Crippen molar-refractivity contribution in [3.63, 3.8) is 0 Å². The van der Waals surface area contributed by atoms with E-state index in [1.165, 1.54) is 0 Å². The van der Waals surface area contributed by atoms with Gasteiger partial charge in [0.05, 0.1) is 6.33 Å². The first-order chi connectivity index (χ1) is 9.78. The predicted octanol–water partition coefficient (Wildman–Crippen LogP) is 1.26. The molecule has 0 saturated heterocycles. The Morgan fingerprint density at radius 1 is 1.40 bits per heavy atom. The molecule has 0 fully saturated rings. The summed E-state index contributed by atoms with van der Waals surface area (Å²) in [5.41, 5.74) is 8.04. The first kappa shape index (κ1) is 12.5. The van der Waals surface area contributed by atoms with Crippen molar-refractivity contribution in [3.8, 4) is 23.0 Å². The van der Waals surface area contributed by atoms with Crippen LogP contribution in [-0.2, 0) is 6.54 Å². The van der Waals surface area contributed by atoms with E-state index >= 15 is 0 Å². The zero-order valence-corrected chi connectivity index (χ0v) is 11.0. The lowest BCUT2D eigenvalue weighted by Crippen LogP contribution is -2.07. The van der Waals surface area contributed by atoms with Gasteiger partial charge in [-0.15, -0.1) is 0 Å². The third-order valence-electron chi connectivity index (χ3n) is 2.93. The Morgan fingerprint density at radius 2 is 2.30 bits per heavy atom. The fourth-order valence-electron chi connectivity index (χ4n) is 1.90. The fraction of sp³-hybridized carbons (Fsp3) is 0.231. The lowest BCUT2D eigenvalue weighted by atomic mass is 10.1. The maximum Gasteiger partial charge on any atom is 0.278 e. The molecule has 0 aliphatic carbocycles. The summed E-state index contributed by atoms with van der Waals surface area (Å²) in [4.78, 5) is 12.7. The van der Waals surface area contributed by atoms with Crippen molar-refractivity contribution in [1.82, 2.24) is 24.7 Å². The molecular formula is C13H14N6O. The molecule has 0 spiro atoms. The van der Waals surface area contributed by atoms with Gasteiger partial charge in [0.25, 0.3) is 5.89 Å². The molecule has 0 aromatic carbocycles. The van der Waals surface area contributed by atoms with Crippen LogP contribution < -0.4 is 5.73 Å². The molecule has 0 atom stereocenters. The van der Waals surface area contributed by atoms with Crippen LogP contribution in [0.2, 0.25) is 0 Å². The van der Waals surface area contributed by atoms with Gasteiger partial charge in [0.15, 0.2) is 0 Å². The summed E-state index contributed by atoms with van der Waals surface area (Å²) in [7, 11) is 0. The van der Waals surface area contributed by atoms with Gasteiger partial charge in [-0.1, -0.05) is 5.16 Å². The van der Waals surface area contributed by atoms with Crippen molar-refractivity contribution in [1.29, 1.82) is 0 Å². The molecule has 102 valence electrons. The molecule has 7 nitrogen and oxygen atoms in total. The SMILES string of the molecule is Cc1cnccc1-c1noc(-c2cn(CCN)cn2)n1. The monoisotopic (exact) mass is 270 g/mol. The van der Waals surface area contributed by atoms with Crippen LogP contribution in [0, 0.1) is 6.92 Å². The number of hydrogen-bond acceptors (Lipinski definition) is 6. The molecular weight excluding hydrogens is 256 g/mol. The van der Waals surface area contributed by atoms with Crippen LogP contribution in [0.25, 0.3) is 23.0 Å². The third kappa shape index (κ3) is 2.30. The van der Waals surface area contributed by atoms with Gasteiger partial charge >= 0.3 is 0 Å². The van der Waals surface area contributed by atoms with Gasteiger partial charge in [0.1, 0.15) is 5.69 Å². The minimum atomic E-state index is 0.395. The summed E-state index contributed by atoms with van der Waals surface area (Å²) in [6.07, 6.45) is 7.00. The smallest absolute Gasteiger partial charge is 0.278 e. The third-order valence-corrected chi connectivity index (χ3v) is 2.93. The zero-order valence-electron chi connectivity index (χ0n) is 11.0. The number of imidazole rings is 1. The minimum absolute atomic E-state index is 0.395. The lowest BCUT2D eigenvalue weighted by Gasteiger charge is -1.97. The van der Waals surface area contributed by atoms with Crippen LogP contribution in [0.3, 0.4) is 0 Å². The van der Waals surface area contributed by atoms with E-state index in [1.54, 1.807) is 18.7 Å². The lowest BCUT2D eigenvalue weighted by molar-refractivity contribution is 0.431. The van der Waals surface area contributed by atoms with Crippen LogP contribution in [0.4, 0.5) is 0 Å². The molecule has 2 N–H and O–H groups in total. The Hall–Kier alpha value is -2.54. The summed E-state index contributed by atoms with van der Waals surface area (Å²) in [5, 5.41) is 3.99. The van der Waals surface area contributed by atoms with E-state index in [-0.39, 0.29) is 0 Å². The summed E-state index contributed by atoms with van der Waals surface area (Å²) in [6.45, 7) is 3.22. The van der Waals surface area contributed by atoms with E-state index < -0.39 is 0 Å². The molecule has 20 heavy (non-hydrogen) atoms. The van der Waals surface area contributed by atoms with Crippen molar-refractivity contribution in [3.05, 3.63) is 36.5 Å². The fourth-order valence-corrected chi connectivity index (χ4v) is 1.90. The normalized spacial score (nSPS) is 10.9. The molecule has 3 aromatic heterocycles. The van der Waals surface area contributed by atoms with E-state index in [9.17, 15) is 0 Å². The average molecular weight is 270 g/mol. The van der Waals surface area contributed by atoms with Crippen molar-refractivity contribution in [2.24, 2.45) is 5.73 Å². The number of aromatic nitrogens is 5. The van der Waals surface area contributed by atoms with Gasteiger partial charge in [0.2, 0.25) is 5.82 Å². The van der Waals surface area contributed by atoms with E-state index in [0.717, 1.165) is 11.1 Å². The largest absolute Gasteiger partial charge is 0.335 e.